The fourth-order valence-corrected chi connectivity index (χ4v) is 1.62. The van der Waals surface area contributed by atoms with Crippen LogP contribution in [-0.4, -0.2) is 10.1 Å². The summed E-state index contributed by atoms with van der Waals surface area (Å²) < 4.78 is 43.9. The highest BCUT2D eigenvalue weighted by atomic mass is 19.2. The summed E-state index contributed by atoms with van der Waals surface area (Å²) in [6, 6.07) is 1.18. The van der Waals surface area contributed by atoms with Crippen molar-refractivity contribution in [1.82, 2.24) is 10.1 Å². The molecule has 0 unspecified atom stereocenters. The number of halogens is 3. The van der Waals surface area contributed by atoms with E-state index in [1.165, 1.54) is 0 Å². The van der Waals surface area contributed by atoms with E-state index in [-0.39, 0.29) is 17.3 Å². The molecule has 19 heavy (non-hydrogen) atoms. The fourth-order valence-electron chi connectivity index (χ4n) is 1.62. The summed E-state index contributed by atoms with van der Waals surface area (Å²) in [5, 5.41) is 3.58. The maximum Gasteiger partial charge on any atom is 0.243 e. The lowest BCUT2D eigenvalue weighted by Crippen LogP contribution is -2.09. The molecule has 0 saturated heterocycles. The second-order valence-corrected chi connectivity index (χ2v) is 4.11. The number of nitrogens with two attached hydrogens (primary N) is 1. The van der Waals surface area contributed by atoms with Gasteiger partial charge in [0.1, 0.15) is 0 Å². The van der Waals surface area contributed by atoms with E-state index in [2.05, 4.69) is 10.1 Å². The molecule has 102 valence electrons. The third-order valence-corrected chi connectivity index (χ3v) is 2.60. The van der Waals surface area contributed by atoms with Crippen molar-refractivity contribution >= 4 is 0 Å². The number of hydrogen-bond acceptors (Lipinski definition) is 4. The van der Waals surface area contributed by atoms with E-state index in [1.807, 2.05) is 6.92 Å². The van der Waals surface area contributed by atoms with Crippen LogP contribution in [0.15, 0.2) is 16.7 Å². The van der Waals surface area contributed by atoms with Gasteiger partial charge in [0.05, 0.1) is 6.04 Å². The molecule has 2 rings (SSSR count). The van der Waals surface area contributed by atoms with Crippen LogP contribution in [0.1, 0.15) is 31.7 Å². The van der Waals surface area contributed by atoms with Crippen molar-refractivity contribution in [2.75, 3.05) is 0 Å². The van der Waals surface area contributed by atoms with Crippen LogP contribution >= 0.6 is 0 Å². The Labute approximate surface area is 107 Å². The Bertz CT molecular complexity index is 562. The van der Waals surface area contributed by atoms with Gasteiger partial charge in [-0.05, 0) is 18.6 Å². The molecule has 0 radical (unpaired) electrons. The maximum absolute atomic E-state index is 13.1. The summed E-state index contributed by atoms with van der Waals surface area (Å²) in [5.74, 6) is -3.99. The largest absolute Gasteiger partial charge is 0.337 e. The van der Waals surface area contributed by atoms with Gasteiger partial charge >= 0.3 is 0 Å². The van der Waals surface area contributed by atoms with Crippen LogP contribution in [0.4, 0.5) is 13.2 Å². The standard InChI is InChI=1S/C12H12F3N3O/c1-2-3-9(16)12-17-11(18-19-12)6-4-7(13)10(15)8(14)5-6/h4-5,9H,2-3,16H2,1H3/t9-/m0/s1. The number of rotatable bonds is 4. The topological polar surface area (TPSA) is 64.9 Å². The van der Waals surface area contributed by atoms with E-state index in [4.69, 9.17) is 10.3 Å². The van der Waals surface area contributed by atoms with E-state index in [1.54, 1.807) is 0 Å². The third kappa shape index (κ3) is 2.76. The number of benzene rings is 1. The van der Waals surface area contributed by atoms with Crippen molar-refractivity contribution in [2.24, 2.45) is 5.73 Å². The van der Waals surface area contributed by atoms with Gasteiger partial charge in [0, 0.05) is 5.56 Å². The molecule has 0 aliphatic carbocycles. The predicted octanol–water partition coefficient (Wildman–Crippen LogP) is 2.95. The first-order valence-corrected chi connectivity index (χ1v) is 5.77. The number of aromatic nitrogens is 2. The Morgan fingerprint density at radius 1 is 1.26 bits per heavy atom. The van der Waals surface area contributed by atoms with E-state index < -0.39 is 23.5 Å². The second-order valence-electron chi connectivity index (χ2n) is 4.11. The summed E-state index contributed by atoms with van der Waals surface area (Å²) in [6.07, 6.45) is 1.48. The summed E-state index contributed by atoms with van der Waals surface area (Å²) in [6.45, 7) is 1.95. The molecular formula is C12H12F3N3O. The molecule has 0 fully saturated rings. The van der Waals surface area contributed by atoms with Crippen molar-refractivity contribution in [3.05, 3.63) is 35.5 Å². The average molecular weight is 271 g/mol. The van der Waals surface area contributed by atoms with E-state index in [0.29, 0.717) is 6.42 Å². The normalized spacial score (nSPS) is 12.7. The van der Waals surface area contributed by atoms with Crippen LogP contribution in [-0.2, 0) is 0 Å². The minimum Gasteiger partial charge on any atom is -0.337 e. The molecular weight excluding hydrogens is 259 g/mol. The molecule has 1 atom stereocenters. The highest BCUT2D eigenvalue weighted by Gasteiger charge is 2.18. The lowest BCUT2D eigenvalue weighted by Gasteiger charge is -2.02. The van der Waals surface area contributed by atoms with Crippen LogP contribution in [0.3, 0.4) is 0 Å². The lowest BCUT2D eigenvalue weighted by molar-refractivity contribution is 0.348. The fraction of sp³-hybridized carbons (Fsp3) is 0.333. The molecule has 2 N–H and O–H groups in total. The van der Waals surface area contributed by atoms with Gasteiger partial charge in [-0.15, -0.1) is 0 Å². The molecule has 1 aromatic carbocycles. The Balaban J connectivity index is 2.33. The van der Waals surface area contributed by atoms with Gasteiger partial charge in [0.2, 0.25) is 11.7 Å². The SMILES string of the molecule is CCC[C@H](N)c1nc(-c2cc(F)c(F)c(F)c2)no1. The van der Waals surface area contributed by atoms with Gasteiger partial charge in [0.25, 0.3) is 0 Å². The smallest absolute Gasteiger partial charge is 0.243 e. The van der Waals surface area contributed by atoms with E-state index >= 15 is 0 Å². The second kappa shape index (κ2) is 5.40. The quantitative estimate of drug-likeness (QED) is 0.868. The molecule has 0 spiro atoms. The zero-order chi connectivity index (χ0) is 14.0. The average Bonchev–Trinajstić information content (AvgIpc) is 2.85. The number of hydrogen-bond donors (Lipinski definition) is 1. The molecule has 0 aliphatic heterocycles. The zero-order valence-corrected chi connectivity index (χ0v) is 10.2. The first-order chi connectivity index (χ1) is 9.02. The van der Waals surface area contributed by atoms with E-state index in [0.717, 1.165) is 18.6 Å². The first-order valence-electron chi connectivity index (χ1n) is 5.77. The molecule has 0 amide bonds. The summed E-state index contributed by atoms with van der Waals surface area (Å²) in [4.78, 5) is 3.95. The lowest BCUT2D eigenvalue weighted by atomic mass is 10.2. The van der Waals surface area contributed by atoms with Crippen molar-refractivity contribution in [3.63, 3.8) is 0 Å². The Hall–Kier alpha value is -1.89. The van der Waals surface area contributed by atoms with Crippen LogP contribution in [0, 0.1) is 17.5 Å². The monoisotopic (exact) mass is 271 g/mol. The minimum atomic E-state index is -1.53. The number of nitrogens with zero attached hydrogens (tertiary/aromatic N) is 2. The van der Waals surface area contributed by atoms with Crippen LogP contribution in [0.2, 0.25) is 0 Å². The first kappa shape index (κ1) is 13.5. The van der Waals surface area contributed by atoms with Gasteiger partial charge in [-0.1, -0.05) is 18.5 Å². The Kier molecular flexibility index (Phi) is 3.84. The van der Waals surface area contributed by atoms with E-state index in [9.17, 15) is 13.2 Å². The van der Waals surface area contributed by atoms with Crippen molar-refractivity contribution < 1.29 is 17.7 Å². The molecule has 1 aromatic heterocycles. The Morgan fingerprint density at radius 2 is 1.89 bits per heavy atom. The molecule has 0 aliphatic rings. The molecule has 0 bridgehead atoms. The zero-order valence-electron chi connectivity index (χ0n) is 10.2. The summed E-state index contributed by atoms with van der Waals surface area (Å²) in [5.41, 5.74) is 5.77. The molecule has 1 heterocycles. The summed E-state index contributed by atoms with van der Waals surface area (Å²) >= 11 is 0. The van der Waals surface area contributed by atoms with Gasteiger partial charge in [-0.3, -0.25) is 0 Å². The predicted molar refractivity (Wildman–Crippen MR) is 61.4 cm³/mol. The van der Waals surface area contributed by atoms with Gasteiger partial charge < -0.3 is 10.3 Å². The third-order valence-electron chi connectivity index (χ3n) is 2.60. The Morgan fingerprint density at radius 3 is 2.47 bits per heavy atom. The van der Waals surface area contributed by atoms with Gasteiger partial charge in [-0.25, -0.2) is 13.2 Å². The highest BCUT2D eigenvalue weighted by Crippen LogP contribution is 2.23. The van der Waals surface area contributed by atoms with Gasteiger partial charge in [0.15, 0.2) is 17.5 Å². The summed E-state index contributed by atoms with van der Waals surface area (Å²) in [7, 11) is 0. The van der Waals surface area contributed by atoms with Crippen LogP contribution in [0.25, 0.3) is 11.4 Å². The van der Waals surface area contributed by atoms with Crippen molar-refractivity contribution in [1.29, 1.82) is 0 Å². The van der Waals surface area contributed by atoms with Crippen LogP contribution in [0.5, 0.6) is 0 Å². The molecule has 7 heteroatoms. The molecule has 4 nitrogen and oxygen atoms in total. The van der Waals surface area contributed by atoms with Crippen LogP contribution < -0.4 is 5.73 Å². The van der Waals surface area contributed by atoms with Gasteiger partial charge in [-0.2, -0.15) is 4.98 Å². The van der Waals surface area contributed by atoms with Crippen molar-refractivity contribution in [3.8, 4) is 11.4 Å². The molecule has 0 saturated carbocycles. The minimum absolute atomic E-state index is 0.00454. The highest BCUT2D eigenvalue weighted by molar-refractivity contribution is 5.54. The maximum atomic E-state index is 13.1. The van der Waals surface area contributed by atoms with Crippen molar-refractivity contribution in [2.45, 2.75) is 25.8 Å². The molecule has 2 aromatic rings.